The number of carbonyl (C=O) groups is 2. The summed E-state index contributed by atoms with van der Waals surface area (Å²) in [5.74, 6) is -0.723. The molecule has 0 radical (unpaired) electrons. The van der Waals surface area contributed by atoms with Crippen molar-refractivity contribution in [3.8, 4) is 5.69 Å². The van der Waals surface area contributed by atoms with Crippen molar-refractivity contribution in [2.45, 2.75) is 25.6 Å². The van der Waals surface area contributed by atoms with E-state index in [4.69, 9.17) is 11.6 Å². The van der Waals surface area contributed by atoms with Crippen LogP contribution in [-0.2, 0) is 16.1 Å². The Bertz CT molecular complexity index is 1160. The van der Waals surface area contributed by atoms with Crippen LogP contribution in [0.3, 0.4) is 0 Å². The molecule has 0 aliphatic carbocycles. The molecule has 5 rings (SSSR count). The molecule has 1 saturated heterocycles. The van der Waals surface area contributed by atoms with Crippen LogP contribution in [0.25, 0.3) is 5.69 Å². The van der Waals surface area contributed by atoms with Crippen molar-refractivity contribution in [3.05, 3.63) is 77.3 Å². The lowest BCUT2D eigenvalue weighted by molar-refractivity contribution is -0.123. The molecule has 3 heterocycles. The van der Waals surface area contributed by atoms with Crippen LogP contribution >= 0.6 is 11.6 Å². The molecule has 150 valence electrons. The monoisotopic (exact) mass is 420 g/mol. The Hall–Kier alpha value is -3.52. The molecule has 2 unspecified atom stereocenters. The van der Waals surface area contributed by atoms with Crippen LogP contribution in [0, 0.1) is 6.92 Å². The van der Waals surface area contributed by atoms with Crippen LogP contribution in [0.2, 0.25) is 5.15 Å². The predicted octanol–water partition coefficient (Wildman–Crippen LogP) is 3.33. The Morgan fingerprint density at radius 1 is 0.967 bits per heavy atom. The van der Waals surface area contributed by atoms with Gasteiger partial charge in [0, 0.05) is 5.69 Å². The first kappa shape index (κ1) is 18.5. The van der Waals surface area contributed by atoms with Gasteiger partial charge in [0.2, 0.25) is 0 Å². The van der Waals surface area contributed by atoms with E-state index < -0.39 is 12.1 Å². The minimum absolute atomic E-state index is 0.193. The molecule has 9 heteroatoms. The number of imidazole rings is 1. The fourth-order valence-electron chi connectivity index (χ4n) is 3.76. The number of para-hydroxylation sites is 1. The highest BCUT2D eigenvalue weighted by Crippen LogP contribution is 2.33. The Kier molecular flexibility index (Phi) is 4.36. The van der Waals surface area contributed by atoms with E-state index in [1.54, 1.807) is 30.6 Å². The first-order chi connectivity index (χ1) is 14.5. The van der Waals surface area contributed by atoms with E-state index in [0.717, 1.165) is 11.3 Å². The molecular formula is C21H17ClN6O2. The molecular weight excluding hydrogens is 404 g/mol. The van der Waals surface area contributed by atoms with Crippen molar-refractivity contribution in [2.75, 3.05) is 4.90 Å². The summed E-state index contributed by atoms with van der Waals surface area (Å²) in [6.45, 7) is 2.20. The van der Waals surface area contributed by atoms with E-state index in [9.17, 15) is 9.59 Å². The zero-order chi connectivity index (χ0) is 20.8. The van der Waals surface area contributed by atoms with Crippen LogP contribution in [0.5, 0.6) is 0 Å². The fraction of sp³-hybridized carbons (Fsp3) is 0.190. The second-order valence-electron chi connectivity index (χ2n) is 7.23. The summed E-state index contributed by atoms with van der Waals surface area (Å²) in [5.41, 5.74) is 3.22. The summed E-state index contributed by atoms with van der Waals surface area (Å²) >= 11 is 6.34. The molecule has 0 N–H and O–H groups in total. The number of nitrogens with zero attached hydrogens (tertiary/aromatic N) is 6. The summed E-state index contributed by atoms with van der Waals surface area (Å²) in [4.78, 5) is 31.3. The van der Waals surface area contributed by atoms with Crippen LogP contribution in [0.15, 0.2) is 71.3 Å². The van der Waals surface area contributed by atoms with Gasteiger partial charge in [-0.25, -0.2) is 9.88 Å². The SMILES string of the molecule is Cc1ccc(-n2cnc(Cl)c2CN2N=NC3C(=O)N(c4ccccc4)C(=O)C32)cc1. The van der Waals surface area contributed by atoms with Crippen molar-refractivity contribution in [1.82, 2.24) is 14.6 Å². The molecule has 0 spiro atoms. The van der Waals surface area contributed by atoms with Gasteiger partial charge in [0.25, 0.3) is 11.8 Å². The van der Waals surface area contributed by atoms with E-state index in [-0.39, 0.29) is 18.4 Å². The van der Waals surface area contributed by atoms with Crippen LogP contribution in [-0.4, -0.2) is 38.5 Å². The maximum atomic E-state index is 13.1. The number of aryl methyl sites for hydroxylation is 1. The molecule has 2 aliphatic heterocycles. The zero-order valence-corrected chi connectivity index (χ0v) is 16.8. The molecule has 30 heavy (non-hydrogen) atoms. The summed E-state index contributed by atoms with van der Waals surface area (Å²) < 4.78 is 1.85. The standard InChI is InChI=1S/C21H17ClN6O2/c1-13-7-9-14(10-8-13)26-12-23-19(22)16(26)11-27-18-17(24-25-27)20(29)28(21(18)30)15-5-3-2-4-6-15/h2-10,12,17-18H,11H2,1H3. The van der Waals surface area contributed by atoms with Crippen LogP contribution in [0.4, 0.5) is 5.69 Å². The zero-order valence-electron chi connectivity index (χ0n) is 16.0. The third-order valence-corrected chi connectivity index (χ3v) is 5.63. The van der Waals surface area contributed by atoms with Gasteiger partial charge in [-0.05, 0) is 31.2 Å². The second-order valence-corrected chi connectivity index (χ2v) is 7.59. The van der Waals surface area contributed by atoms with Crippen molar-refractivity contribution in [3.63, 3.8) is 0 Å². The van der Waals surface area contributed by atoms with E-state index in [1.165, 1.54) is 9.91 Å². The highest BCUT2D eigenvalue weighted by Gasteiger charge is 2.54. The fourth-order valence-corrected chi connectivity index (χ4v) is 3.95. The Morgan fingerprint density at radius 3 is 2.43 bits per heavy atom. The Morgan fingerprint density at radius 2 is 1.70 bits per heavy atom. The van der Waals surface area contributed by atoms with Gasteiger partial charge in [-0.1, -0.05) is 52.7 Å². The Balaban J connectivity index is 1.45. The average Bonchev–Trinajstić information content (AvgIpc) is 3.40. The molecule has 3 aromatic rings. The van der Waals surface area contributed by atoms with Gasteiger partial charge in [-0.2, -0.15) is 5.11 Å². The first-order valence-electron chi connectivity index (χ1n) is 9.43. The summed E-state index contributed by atoms with van der Waals surface area (Å²) in [6.07, 6.45) is 1.63. The van der Waals surface area contributed by atoms with E-state index in [1.807, 2.05) is 41.8 Å². The summed E-state index contributed by atoms with van der Waals surface area (Å²) in [7, 11) is 0. The first-order valence-corrected chi connectivity index (χ1v) is 9.81. The minimum atomic E-state index is -0.854. The van der Waals surface area contributed by atoms with Crippen molar-refractivity contribution in [1.29, 1.82) is 0 Å². The van der Waals surface area contributed by atoms with E-state index in [0.29, 0.717) is 16.5 Å². The highest BCUT2D eigenvalue weighted by molar-refractivity contribution is 6.30. The Labute approximate surface area is 177 Å². The number of anilines is 1. The van der Waals surface area contributed by atoms with Gasteiger partial charge in [0.05, 0.1) is 17.9 Å². The molecule has 2 amide bonds. The van der Waals surface area contributed by atoms with Crippen molar-refractivity contribution in [2.24, 2.45) is 10.3 Å². The van der Waals surface area contributed by atoms with Gasteiger partial charge >= 0.3 is 0 Å². The second kappa shape index (κ2) is 7.07. The minimum Gasteiger partial charge on any atom is -0.300 e. The predicted molar refractivity (Wildman–Crippen MR) is 110 cm³/mol. The average molecular weight is 421 g/mol. The lowest BCUT2D eigenvalue weighted by Crippen LogP contribution is -2.39. The highest BCUT2D eigenvalue weighted by atomic mass is 35.5. The maximum Gasteiger partial charge on any atom is 0.263 e. The van der Waals surface area contributed by atoms with Gasteiger partial charge in [-0.3, -0.25) is 19.2 Å². The number of hydrogen-bond donors (Lipinski definition) is 0. The van der Waals surface area contributed by atoms with E-state index in [2.05, 4.69) is 15.3 Å². The van der Waals surface area contributed by atoms with E-state index >= 15 is 0 Å². The number of halogens is 1. The molecule has 2 atom stereocenters. The third kappa shape index (κ3) is 2.88. The number of hydrogen-bond acceptors (Lipinski definition) is 6. The third-order valence-electron chi connectivity index (χ3n) is 5.31. The molecule has 2 aliphatic rings. The molecule has 2 aromatic carbocycles. The van der Waals surface area contributed by atoms with Crippen LogP contribution in [0.1, 0.15) is 11.3 Å². The quantitative estimate of drug-likeness (QED) is 0.606. The van der Waals surface area contributed by atoms with Gasteiger partial charge in [-0.15, -0.1) is 0 Å². The molecule has 1 aromatic heterocycles. The number of imide groups is 1. The number of benzene rings is 2. The maximum absolute atomic E-state index is 13.1. The number of rotatable bonds is 4. The normalized spacial score (nSPS) is 20.3. The lowest BCUT2D eigenvalue weighted by atomic mass is 10.1. The smallest absolute Gasteiger partial charge is 0.263 e. The topological polar surface area (TPSA) is 83.2 Å². The number of aromatic nitrogens is 2. The molecule has 0 bridgehead atoms. The van der Waals surface area contributed by atoms with Crippen molar-refractivity contribution >= 4 is 29.1 Å². The van der Waals surface area contributed by atoms with Gasteiger partial charge in [0.1, 0.15) is 6.33 Å². The number of fused-ring (bicyclic) bond motifs is 1. The van der Waals surface area contributed by atoms with Crippen molar-refractivity contribution < 1.29 is 9.59 Å². The number of carbonyl (C=O) groups excluding carboxylic acids is 2. The largest absolute Gasteiger partial charge is 0.300 e. The van der Waals surface area contributed by atoms with Crippen LogP contribution < -0.4 is 4.90 Å². The molecule has 0 saturated carbocycles. The summed E-state index contributed by atoms with van der Waals surface area (Å²) in [6, 6.07) is 15.1. The number of amides is 2. The molecule has 1 fully saturated rings. The molecule has 8 nitrogen and oxygen atoms in total. The lowest BCUT2D eigenvalue weighted by Gasteiger charge is -2.21. The van der Waals surface area contributed by atoms with Gasteiger partial charge in [0.15, 0.2) is 17.2 Å². The van der Waals surface area contributed by atoms with Gasteiger partial charge < -0.3 is 0 Å². The summed E-state index contributed by atoms with van der Waals surface area (Å²) in [5, 5.41) is 10.0.